The second kappa shape index (κ2) is 9.62. The van der Waals surface area contributed by atoms with Crippen LogP contribution in [0, 0.1) is 6.92 Å². The van der Waals surface area contributed by atoms with Crippen molar-refractivity contribution in [2.24, 2.45) is 7.05 Å². The minimum Gasteiger partial charge on any atom is -0.351 e. The topological polar surface area (TPSA) is 105 Å². The van der Waals surface area contributed by atoms with Crippen LogP contribution in [0.15, 0.2) is 55.2 Å². The lowest BCUT2D eigenvalue weighted by Gasteiger charge is -2.15. The summed E-state index contributed by atoms with van der Waals surface area (Å²) in [5, 5.41) is 16.7. The van der Waals surface area contributed by atoms with Gasteiger partial charge in [-0.05, 0) is 51.1 Å². The molecule has 10 heteroatoms. The van der Waals surface area contributed by atoms with Gasteiger partial charge in [0.2, 0.25) is 0 Å². The van der Waals surface area contributed by atoms with Gasteiger partial charge < -0.3 is 15.5 Å². The summed E-state index contributed by atoms with van der Waals surface area (Å²) < 4.78 is 3.70. The van der Waals surface area contributed by atoms with Crippen LogP contribution in [-0.4, -0.2) is 66.3 Å². The molecule has 37 heavy (non-hydrogen) atoms. The molecule has 10 nitrogen and oxygen atoms in total. The number of nitrogens with zero attached hydrogens (tertiary/aromatic N) is 7. The van der Waals surface area contributed by atoms with Crippen molar-refractivity contribution in [3.63, 3.8) is 0 Å². The first-order chi connectivity index (χ1) is 18.1. The van der Waals surface area contributed by atoms with Crippen LogP contribution in [0.2, 0.25) is 0 Å². The molecule has 0 bridgehead atoms. The van der Waals surface area contributed by atoms with E-state index in [2.05, 4.69) is 36.7 Å². The fourth-order valence-electron chi connectivity index (χ4n) is 4.94. The number of likely N-dealkylation sites (tertiary alicyclic amines) is 1. The lowest BCUT2D eigenvalue weighted by Crippen LogP contribution is -2.33. The molecule has 1 fully saturated rings. The van der Waals surface area contributed by atoms with Gasteiger partial charge in [-0.1, -0.05) is 6.07 Å². The predicted molar refractivity (Wildman–Crippen MR) is 143 cm³/mol. The number of nitrogens with one attached hydrogen (secondary N) is 2. The number of aromatic nitrogens is 6. The van der Waals surface area contributed by atoms with Gasteiger partial charge in [0.05, 0.1) is 39.6 Å². The van der Waals surface area contributed by atoms with Gasteiger partial charge in [0.15, 0.2) is 5.82 Å². The monoisotopic (exact) mass is 495 g/mol. The molecule has 0 unspecified atom stereocenters. The molecule has 0 saturated carbocycles. The van der Waals surface area contributed by atoms with Gasteiger partial charge in [0.1, 0.15) is 0 Å². The van der Waals surface area contributed by atoms with Gasteiger partial charge in [-0.3, -0.25) is 19.4 Å². The van der Waals surface area contributed by atoms with Gasteiger partial charge in [0.25, 0.3) is 5.91 Å². The fourth-order valence-corrected chi connectivity index (χ4v) is 4.94. The number of carbonyl (C=O) groups is 1. The molecule has 188 valence electrons. The van der Waals surface area contributed by atoms with E-state index in [-0.39, 0.29) is 5.91 Å². The number of anilines is 2. The molecule has 6 rings (SSSR count). The second-order valence-electron chi connectivity index (χ2n) is 9.47. The van der Waals surface area contributed by atoms with Gasteiger partial charge >= 0.3 is 0 Å². The number of fused-ring (bicyclic) bond motifs is 3. The van der Waals surface area contributed by atoms with E-state index in [4.69, 9.17) is 5.10 Å². The highest BCUT2D eigenvalue weighted by Crippen LogP contribution is 2.31. The van der Waals surface area contributed by atoms with Gasteiger partial charge in [-0.2, -0.15) is 10.2 Å². The summed E-state index contributed by atoms with van der Waals surface area (Å²) >= 11 is 0. The predicted octanol–water partition coefficient (Wildman–Crippen LogP) is 3.56. The van der Waals surface area contributed by atoms with Crippen LogP contribution in [0.5, 0.6) is 0 Å². The SMILES string of the molecule is Cc1ncc(C(=O)NCCN2CCCC2)cc1Nc1nn(C)c2c1cnn1cc(-c3cccnc3)cc21. The minimum absolute atomic E-state index is 0.125. The molecule has 1 amide bonds. The Bertz CT molecular complexity index is 1580. The number of rotatable bonds is 7. The van der Waals surface area contributed by atoms with Crippen LogP contribution in [0.25, 0.3) is 27.5 Å². The Labute approximate surface area is 214 Å². The lowest BCUT2D eigenvalue weighted by atomic mass is 10.1. The maximum atomic E-state index is 12.8. The molecule has 0 radical (unpaired) electrons. The number of hydrogen-bond acceptors (Lipinski definition) is 7. The maximum Gasteiger partial charge on any atom is 0.252 e. The van der Waals surface area contributed by atoms with Crippen molar-refractivity contribution in [3.8, 4) is 11.1 Å². The van der Waals surface area contributed by atoms with Crippen LogP contribution in [-0.2, 0) is 7.05 Å². The third kappa shape index (κ3) is 4.51. The Morgan fingerprint density at radius 2 is 1.97 bits per heavy atom. The first kappa shape index (κ1) is 23.1. The van der Waals surface area contributed by atoms with Crippen LogP contribution >= 0.6 is 0 Å². The van der Waals surface area contributed by atoms with Crippen LogP contribution in [0.3, 0.4) is 0 Å². The van der Waals surface area contributed by atoms with Crippen molar-refractivity contribution >= 4 is 33.8 Å². The summed E-state index contributed by atoms with van der Waals surface area (Å²) in [5.74, 6) is 0.535. The first-order valence-electron chi connectivity index (χ1n) is 12.6. The smallest absolute Gasteiger partial charge is 0.252 e. The maximum absolute atomic E-state index is 12.8. The molecular formula is C27H29N9O. The molecule has 1 aliphatic heterocycles. The zero-order valence-corrected chi connectivity index (χ0v) is 21.0. The van der Waals surface area contributed by atoms with E-state index in [1.807, 2.05) is 60.0 Å². The van der Waals surface area contributed by atoms with Gasteiger partial charge in [-0.15, -0.1) is 0 Å². The van der Waals surface area contributed by atoms with Crippen molar-refractivity contribution in [1.29, 1.82) is 0 Å². The molecule has 0 atom stereocenters. The first-order valence-corrected chi connectivity index (χ1v) is 12.6. The Balaban J connectivity index is 1.26. The van der Waals surface area contributed by atoms with Crippen LogP contribution in [0.1, 0.15) is 28.9 Å². The van der Waals surface area contributed by atoms with E-state index in [1.54, 1.807) is 12.4 Å². The summed E-state index contributed by atoms with van der Waals surface area (Å²) in [6.45, 7) is 5.64. The molecule has 2 N–H and O–H groups in total. The third-order valence-corrected chi connectivity index (χ3v) is 6.95. The van der Waals surface area contributed by atoms with Gasteiger partial charge in [0, 0.05) is 56.1 Å². The van der Waals surface area contributed by atoms with E-state index in [9.17, 15) is 4.79 Å². The standard InChI is InChI=1S/C27H29N9O/c1-18-23(12-20(15-30-18)27(37)29-8-11-35-9-3-4-10-35)32-26-22-16-31-36-17-21(19-6-5-7-28-14-19)13-24(36)25(22)34(2)33-26/h5-7,12-17H,3-4,8-11H2,1-2H3,(H,29,37)(H,32,33). The Hall–Kier alpha value is -4.31. The van der Waals surface area contributed by atoms with Crippen molar-refractivity contribution in [1.82, 2.24) is 39.6 Å². The van der Waals surface area contributed by atoms with E-state index < -0.39 is 0 Å². The van der Waals surface area contributed by atoms with Crippen LogP contribution < -0.4 is 10.6 Å². The van der Waals surface area contributed by atoms with E-state index >= 15 is 0 Å². The number of pyridine rings is 2. The second-order valence-corrected chi connectivity index (χ2v) is 9.47. The highest BCUT2D eigenvalue weighted by molar-refractivity contribution is 6.01. The molecule has 1 aliphatic rings. The normalized spacial score (nSPS) is 14.0. The van der Waals surface area contributed by atoms with E-state index in [0.29, 0.717) is 17.9 Å². The summed E-state index contributed by atoms with van der Waals surface area (Å²) in [6.07, 6.45) is 11.5. The van der Waals surface area contributed by atoms with Crippen molar-refractivity contribution in [3.05, 3.63) is 66.5 Å². The van der Waals surface area contributed by atoms with Gasteiger partial charge in [-0.25, -0.2) is 4.52 Å². The van der Waals surface area contributed by atoms with Crippen molar-refractivity contribution in [2.75, 3.05) is 31.5 Å². The Morgan fingerprint density at radius 3 is 2.78 bits per heavy atom. The van der Waals surface area contributed by atoms with E-state index in [0.717, 1.165) is 58.6 Å². The molecule has 0 aromatic carbocycles. The molecule has 6 heterocycles. The minimum atomic E-state index is -0.125. The fraction of sp³-hybridized carbons (Fsp3) is 0.296. The molecule has 5 aromatic heterocycles. The van der Waals surface area contributed by atoms with E-state index in [1.165, 1.54) is 12.8 Å². The largest absolute Gasteiger partial charge is 0.351 e. The highest BCUT2D eigenvalue weighted by Gasteiger charge is 2.17. The number of hydrogen-bond donors (Lipinski definition) is 2. The molecular weight excluding hydrogens is 466 g/mol. The quantitative estimate of drug-likeness (QED) is 0.356. The van der Waals surface area contributed by atoms with Crippen LogP contribution in [0.4, 0.5) is 11.5 Å². The lowest BCUT2D eigenvalue weighted by molar-refractivity contribution is 0.0949. The summed E-state index contributed by atoms with van der Waals surface area (Å²) in [6, 6.07) is 7.88. The zero-order valence-electron chi connectivity index (χ0n) is 21.0. The number of amides is 1. The Morgan fingerprint density at radius 1 is 1.11 bits per heavy atom. The average molecular weight is 496 g/mol. The van der Waals surface area contributed by atoms with Crippen molar-refractivity contribution < 1.29 is 4.79 Å². The summed E-state index contributed by atoms with van der Waals surface area (Å²) in [4.78, 5) is 23.9. The molecule has 1 saturated heterocycles. The zero-order chi connectivity index (χ0) is 25.4. The number of aryl methyl sites for hydroxylation is 2. The third-order valence-electron chi connectivity index (χ3n) is 6.95. The average Bonchev–Trinajstić information content (AvgIpc) is 3.65. The molecule has 0 spiro atoms. The van der Waals surface area contributed by atoms with Crippen molar-refractivity contribution in [2.45, 2.75) is 19.8 Å². The molecule has 5 aromatic rings. The highest BCUT2D eigenvalue weighted by atomic mass is 16.1. The summed E-state index contributed by atoms with van der Waals surface area (Å²) in [7, 11) is 1.92. The molecule has 0 aliphatic carbocycles. The Kier molecular flexibility index (Phi) is 6.01. The number of carbonyl (C=O) groups excluding carboxylic acids is 1. The summed E-state index contributed by atoms with van der Waals surface area (Å²) in [5.41, 5.74) is 5.99.